The molecular formula is C8H9F2IN2. The first-order valence-electron chi connectivity index (χ1n) is 3.66. The predicted octanol–water partition coefficient (Wildman–Crippen LogP) is 1.53. The van der Waals surface area contributed by atoms with Crippen molar-refractivity contribution in [1.29, 1.82) is 0 Å². The molecule has 0 fully saturated rings. The maximum absolute atomic E-state index is 13.2. The Labute approximate surface area is 88.4 Å². The van der Waals surface area contributed by atoms with Gasteiger partial charge in [-0.3, -0.25) is 0 Å². The summed E-state index contributed by atoms with van der Waals surface area (Å²) in [6, 6.07) is 1.56. The van der Waals surface area contributed by atoms with Crippen LogP contribution in [0.4, 0.5) is 8.78 Å². The Bertz CT molecular complexity index is 317. The lowest BCUT2D eigenvalue weighted by atomic mass is 10.1. The largest absolute Gasteiger partial charge is 0.329 e. The lowest BCUT2D eigenvalue weighted by Crippen LogP contribution is -2.22. The summed E-state index contributed by atoms with van der Waals surface area (Å²) in [5.74, 6) is -0.982. The van der Waals surface area contributed by atoms with Crippen molar-refractivity contribution in [2.45, 2.75) is 6.04 Å². The van der Waals surface area contributed by atoms with E-state index in [1.807, 2.05) is 0 Å². The minimum absolute atomic E-state index is 0.0942. The van der Waals surface area contributed by atoms with E-state index in [1.54, 1.807) is 22.6 Å². The molecule has 0 amide bonds. The van der Waals surface area contributed by atoms with E-state index in [2.05, 4.69) is 0 Å². The van der Waals surface area contributed by atoms with Crippen molar-refractivity contribution in [3.8, 4) is 0 Å². The van der Waals surface area contributed by atoms with Gasteiger partial charge in [-0.2, -0.15) is 0 Å². The Morgan fingerprint density at radius 3 is 2.46 bits per heavy atom. The average molecular weight is 298 g/mol. The zero-order valence-corrected chi connectivity index (χ0v) is 8.89. The summed E-state index contributed by atoms with van der Waals surface area (Å²) >= 11 is 1.72. The van der Waals surface area contributed by atoms with Gasteiger partial charge in [0.2, 0.25) is 0 Å². The molecule has 4 N–H and O–H groups in total. The molecule has 0 unspecified atom stereocenters. The van der Waals surface area contributed by atoms with Gasteiger partial charge in [-0.05, 0) is 34.7 Å². The van der Waals surface area contributed by atoms with Crippen LogP contribution in [0.15, 0.2) is 12.1 Å². The Morgan fingerprint density at radius 1 is 1.31 bits per heavy atom. The Morgan fingerprint density at radius 2 is 1.92 bits per heavy atom. The monoisotopic (exact) mass is 298 g/mol. The summed E-state index contributed by atoms with van der Waals surface area (Å²) < 4.78 is 26.4. The summed E-state index contributed by atoms with van der Waals surface area (Å²) in [6.45, 7) is 0.0942. The Balaban J connectivity index is 3.15. The topological polar surface area (TPSA) is 52.0 Å². The molecule has 5 heteroatoms. The van der Waals surface area contributed by atoms with Crippen molar-refractivity contribution in [2.24, 2.45) is 11.5 Å². The quantitative estimate of drug-likeness (QED) is 0.642. The van der Waals surface area contributed by atoms with Crippen LogP contribution in [-0.2, 0) is 0 Å². The standard InChI is InChI=1S/C8H9F2IN2/c9-5-2-7(11)6(10)1-4(5)8(13)3-12/h1-2,8H,3,12-13H2/t8-/m0/s1. The van der Waals surface area contributed by atoms with Crippen LogP contribution in [0.2, 0.25) is 0 Å². The third-order valence-electron chi connectivity index (χ3n) is 1.69. The minimum atomic E-state index is -0.647. The molecule has 13 heavy (non-hydrogen) atoms. The van der Waals surface area contributed by atoms with E-state index >= 15 is 0 Å². The molecule has 0 radical (unpaired) electrons. The highest BCUT2D eigenvalue weighted by Crippen LogP contribution is 2.20. The zero-order valence-electron chi connectivity index (χ0n) is 6.73. The lowest BCUT2D eigenvalue weighted by Gasteiger charge is -2.10. The van der Waals surface area contributed by atoms with Gasteiger partial charge in [-0.15, -0.1) is 0 Å². The van der Waals surface area contributed by atoms with Crippen molar-refractivity contribution in [3.63, 3.8) is 0 Å². The Hall–Kier alpha value is -0.270. The number of hydrogen-bond donors (Lipinski definition) is 2. The molecule has 0 aliphatic carbocycles. The molecule has 2 nitrogen and oxygen atoms in total. The molecule has 0 bridgehead atoms. The summed E-state index contributed by atoms with van der Waals surface area (Å²) in [4.78, 5) is 0. The Kier molecular flexibility index (Phi) is 3.57. The first kappa shape index (κ1) is 10.8. The fourth-order valence-electron chi connectivity index (χ4n) is 0.949. The molecule has 0 aliphatic heterocycles. The number of rotatable bonds is 2. The van der Waals surface area contributed by atoms with Crippen molar-refractivity contribution >= 4 is 22.6 Å². The van der Waals surface area contributed by atoms with Gasteiger partial charge in [0, 0.05) is 18.2 Å². The van der Waals surface area contributed by atoms with E-state index < -0.39 is 17.7 Å². The van der Waals surface area contributed by atoms with Crippen molar-refractivity contribution in [2.75, 3.05) is 6.54 Å². The van der Waals surface area contributed by atoms with Gasteiger partial charge in [-0.25, -0.2) is 8.78 Å². The van der Waals surface area contributed by atoms with E-state index in [4.69, 9.17) is 11.5 Å². The second kappa shape index (κ2) is 4.30. The van der Waals surface area contributed by atoms with E-state index in [9.17, 15) is 8.78 Å². The number of benzene rings is 1. The van der Waals surface area contributed by atoms with Crippen molar-refractivity contribution in [1.82, 2.24) is 0 Å². The maximum Gasteiger partial charge on any atom is 0.137 e. The highest BCUT2D eigenvalue weighted by atomic mass is 127. The highest BCUT2D eigenvalue weighted by Gasteiger charge is 2.13. The zero-order chi connectivity index (χ0) is 10.0. The van der Waals surface area contributed by atoms with Gasteiger partial charge in [0.15, 0.2) is 0 Å². The molecule has 0 saturated heterocycles. The smallest absolute Gasteiger partial charge is 0.137 e. The van der Waals surface area contributed by atoms with Gasteiger partial charge in [0.05, 0.1) is 3.57 Å². The molecule has 72 valence electrons. The van der Waals surface area contributed by atoms with Gasteiger partial charge >= 0.3 is 0 Å². The molecule has 0 heterocycles. The summed E-state index contributed by atoms with van der Waals surface area (Å²) in [7, 11) is 0. The molecule has 1 aromatic rings. The van der Waals surface area contributed by atoms with E-state index in [1.165, 1.54) is 0 Å². The van der Waals surface area contributed by atoms with Gasteiger partial charge < -0.3 is 11.5 Å². The normalized spacial score (nSPS) is 13.0. The van der Waals surface area contributed by atoms with Crippen LogP contribution >= 0.6 is 22.6 Å². The first-order chi connectivity index (χ1) is 6.06. The third-order valence-corrected chi connectivity index (χ3v) is 2.52. The minimum Gasteiger partial charge on any atom is -0.329 e. The van der Waals surface area contributed by atoms with Crippen LogP contribution in [0, 0.1) is 15.2 Å². The first-order valence-corrected chi connectivity index (χ1v) is 4.74. The van der Waals surface area contributed by atoms with Crippen LogP contribution in [0.25, 0.3) is 0 Å². The number of hydrogen-bond acceptors (Lipinski definition) is 2. The highest BCUT2D eigenvalue weighted by molar-refractivity contribution is 14.1. The molecule has 0 aliphatic rings. The molecule has 1 rings (SSSR count). The van der Waals surface area contributed by atoms with Gasteiger partial charge in [0.25, 0.3) is 0 Å². The fourth-order valence-corrected chi connectivity index (χ4v) is 1.38. The molecule has 1 atom stereocenters. The summed E-state index contributed by atoms with van der Waals surface area (Å²) in [6.07, 6.45) is 0. The molecular weight excluding hydrogens is 289 g/mol. The second-order valence-electron chi connectivity index (χ2n) is 2.63. The third kappa shape index (κ3) is 2.35. The molecule has 0 aromatic heterocycles. The van der Waals surface area contributed by atoms with Gasteiger partial charge in [0.1, 0.15) is 11.6 Å². The summed E-state index contributed by atoms with van der Waals surface area (Å²) in [5.41, 5.74) is 10.9. The van der Waals surface area contributed by atoms with E-state index in [0.29, 0.717) is 0 Å². The molecule has 0 saturated carbocycles. The number of nitrogens with two attached hydrogens (primary N) is 2. The van der Waals surface area contributed by atoms with Crippen molar-refractivity contribution in [3.05, 3.63) is 32.9 Å². The SMILES string of the molecule is NC[C@H](N)c1cc(F)c(I)cc1F. The molecule has 1 aromatic carbocycles. The van der Waals surface area contributed by atoms with E-state index in [-0.39, 0.29) is 15.7 Å². The van der Waals surface area contributed by atoms with Crippen molar-refractivity contribution < 1.29 is 8.78 Å². The lowest BCUT2D eigenvalue weighted by molar-refractivity contribution is 0.560. The van der Waals surface area contributed by atoms with Crippen LogP contribution < -0.4 is 11.5 Å². The summed E-state index contributed by atoms with van der Waals surface area (Å²) in [5, 5.41) is 0. The van der Waals surface area contributed by atoms with Gasteiger partial charge in [-0.1, -0.05) is 0 Å². The number of halogens is 3. The second-order valence-corrected chi connectivity index (χ2v) is 3.79. The molecule has 0 spiro atoms. The van der Waals surface area contributed by atoms with Crippen LogP contribution in [0.3, 0.4) is 0 Å². The maximum atomic E-state index is 13.2. The van der Waals surface area contributed by atoms with E-state index in [0.717, 1.165) is 12.1 Å². The fraction of sp³-hybridized carbons (Fsp3) is 0.250. The van der Waals surface area contributed by atoms with Crippen LogP contribution in [-0.4, -0.2) is 6.54 Å². The van der Waals surface area contributed by atoms with Crippen LogP contribution in [0.5, 0.6) is 0 Å². The predicted molar refractivity (Wildman–Crippen MR) is 55.1 cm³/mol. The van der Waals surface area contributed by atoms with Crippen LogP contribution in [0.1, 0.15) is 11.6 Å². The average Bonchev–Trinajstić information content (AvgIpc) is 2.10.